The van der Waals surface area contributed by atoms with E-state index in [1.807, 2.05) is 12.2 Å². The maximum atomic E-state index is 7.05. The van der Waals surface area contributed by atoms with Crippen LogP contribution in [0.3, 0.4) is 0 Å². The summed E-state index contributed by atoms with van der Waals surface area (Å²) >= 11 is 0. The van der Waals surface area contributed by atoms with Crippen molar-refractivity contribution in [3.05, 3.63) is 12.2 Å². The maximum Gasteiger partial charge on any atom is 0.504 e. The molecule has 0 aliphatic rings. The molecule has 0 atom stereocenters. The number of allylic oxidation sites excluding steroid dienone is 2. The Labute approximate surface area is 84.9 Å². The Hall–Kier alpha value is -0.163. The molecule has 0 rings (SSSR count). The van der Waals surface area contributed by atoms with Crippen LogP contribution in [0.2, 0.25) is 6.04 Å². The van der Waals surface area contributed by atoms with Gasteiger partial charge in [-0.3, -0.25) is 0 Å². The van der Waals surface area contributed by atoms with Gasteiger partial charge in [-0.15, -0.1) is 0 Å². The Bertz CT molecular complexity index is 184. The van der Waals surface area contributed by atoms with Crippen LogP contribution in [0.15, 0.2) is 12.2 Å². The molecule has 0 aromatic heterocycles. The van der Waals surface area contributed by atoms with Crippen LogP contribution in [0.1, 0.15) is 22.5 Å². The van der Waals surface area contributed by atoms with E-state index >= 15 is 0 Å². The zero-order valence-corrected chi connectivity index (χ0v) is 9.58. The molecule has 0 fully saturated rings. The molecule has 0 aliphatic heterocycles. The Balaban J connectivity index is 4.23. The largest absolute Gasteiger partial charge is 0.504 e. The SMILES string of the molecule is [2H]C([2H])O[Si](CC=CCCC)(OC)OC. The molecule has 0 radical (unpaired) electrons. The van der Waals surface area contributed by atoms with Crippen molar-refractivity contribution < 1.29 is 16.0 Å². The second kappa shape index (κ2) is 7.26. The standard InChI is InChI=1S/C9H20O3Si/c1-5-6-7-8-9-13(10-2,11-3)12-4/h7-8H,5-6,9H2,1-4H3/i2D2. The highest BCUT2D eigenvalue weighted by molar-refractivity contribution is 6.61. The average Bonchev–Trinajstić information content (AvgIpc) is 2.22. The van der Waals surface area contributed by atoms with Gasteiger partial charge in [0.1, 0.15) is 0 Å². The topological polar surface area (TPSA) is 27.7 Å². The number of unbranched alkanes of at least 4 members (excludes halogenated alkanes) is 1. The smallest absolute Gasteiger partial charge is 0.377 e. The van der Waals surface area contributed by atoms with Crippen LogP contribution in [0.4, 0.5) is 0 Å². The van der Waals surface area contributed by atoms with E-state index < -0.39 is 15.9 Å². The number of hydrogen-bond acceptors (Lipinski definition) is 3. The molecular weight excluding hydrogens is 184 g/mol. The molecule has 0 amide bonds. The second-order valence-corrected chi connectivity index (χ2v) is 5.50. The zero-order chi connectivity index (χ0) is 11.7. The third-order valence-electron chi connectivity index (χ3n) is 1.79. The highest BCUT2D eigenvalue weighted by Crippen LogP contribution is 2.13. The molecule has 13 heavy (non-hydrogen) atoms. The van der Waals surface area contributed by atoms with Crippen LogP contribution in [-0.2, 0) is 13.3 Å². The van der Waals surface area contributed by atoms with Crippen molar-refractivity contribution in [2.24, 2.45) is 0 Å². The van der Waals surface area contributed by atoms with Crippen LogP contribution in [0.25, 0.3) is 0 Å². The zero-order valence-electron chi connectivity index (χ0n) is 10.6. The first-order valence-corrected chi connectivity index (χ1v) is 6.31. The minimum Gasteiger partial charge on any atom is -0.377 e. The molecule has 0 N–H and O–H groups in total. The minimum atomic E-state index is -2.82. The van der Waals surface area contributed by atoms with Crippen molar-refractivity contribution in [2.75, 3.05) is 21.3 Å². The first kappa shape index (κ1) is 9.39. The fourth-order valence-corrected chi connectivity index (χ4v) is 2.15. The summed E-state index contributed by atoms with van der Waals surface area (Å²) in [5.41, 5.74) is 0. The highest BCUT2D eigenvalue weighted by atomic mass is 28.4. The molecule has 0 aromatic carbocycles. The Morgan fingerprint density at radius 2 is 1.92 bits per heavy atom. The van der Waals surface area contributed by atoms with Crippen molar-refractivity contribution in [1.82, 2.24) is 0 Å². The van der Waals surface area contributed by atoms with Gasteiger partial charge in [-0.1, -0.05) is 25.5 Å². The van der Waals surface area contributed by atoms with E-state index in [0.29, 0.717) is 6.04 Å². The number of hydrogen-bond donors (Lipinski definition) is 0. The molecule has 78 valence electrons. The van der Waals surface area contributed by atoms with Gasteiger partial charge in [0.25, 0.3) is 0 Å². The third-order valence-corrected chi connectivity index (χ3v) is 4.13. The van der Waals surface area contributed by atoms with Gasteiger partial charge in [0.15, 0.2) is 0 Å². The van der Waals surface area contributed by atoms with Crippen molar-refractivity contribution in [3.63, 3.8) is 0 Å². The van der Waals surface area contributed by atoms with Crippen LogP contribution in [-0.4, -0.2) is 30.1 Å². The van der Waals surface area contributed by atoms with E-state index in [1.165, 1.54) is 14.2 Å². The third kappa shape index (κ3) is 4.57. The van der Waals surface area contributed by atoms with Crippen molar-refractivity contribution in [2.45, 2.75) is 25.8 Å². The van der Waals surface area contributed by atoms with Crippen molar-refractivity contribution in [3.8, 4) is 0 Å². The molecule has 3 nitrogen and oxygen atoms in total. The summed E-state index contributed by atoms with van der Waals surface area (Å²) in [6.07, 6.45) is 6.06. The summed E-state index contributed by atoms with van der Waals surface area (Å²) in [5.74, 6) is 0. The lowest BCUT2D eigenvalue weighted by Crippen LogP contribution is -2.42. The van der Waals surface area contributed by atoms with E-state index in [9.17, 15) is 0 Å². The summed E-state index contributed by atoms with van der Waals surface area (Å²) in [4.78, 5) is 0. The molecule has 0 heterocycles. The summed E-state index contributed by atoms with van der Waals surface area (Å²) in [7, 11) is -1.20. The molecular formula is C9H20O3Si. The monoisotopic (exact) mass is 206 g/mol. The van der Waals surface area contributed by atoms with Crippen molar-refractivity contribution >= 4 is 8.80 Å². The molecule has 0 bridgehead atoms. The lowest BCUT2D eigenvalue weighted by atomic mass is 10.3. The quantitative estimate of drug-likeness (QED) is 0.472. The first-order valence-electron chi connectivity index (χ1n) is 5.53. The molecule has 0 spiro atoms. The Morgan fingerprint density at radius 3 is 2.38 bits per heavy atom. The molecule has 0 aliphatic carbocycles. The van der Waals surface area contributed by atoms with Crippen LogP contribution >= 0.6 is 0 Å². The summed E-state index contributed by atoms with van der Waals surface area (Å²) in [5, 5.41) is 0. The first-order chi connectivity index (χ1) is 7.10. The van der Waals surface area contributed by atoms with Crippen LogP contribution in [0, 0.1) is 0 Å². The van der Waals surface area contributed by atoms with E-state index in [-0.39, 0.29) is 0 Å². The minimum absolute atomic E-state index is 0.508. The van der Waals surface area contributed by atoms with E-state index in [2.05, 4.69) is 6.92 Å². The van der Waals surface area contributed by atoms with Gasteiger partial charge in [0.05, 0.1) is 2.74 Å². The predicted octanol–water partition coefficient (Wildman–Crippen LogP) is 2.22. The molecule has 0 unspecified atom stereocenters. The van der Waals surface area contributed by atoms with E-state index in [0.717, 1.165) is 12.8 Å². The van der Waals surface area contributed by atoms with Gasteiger partial charge in [-0.05, 0) is 6.42 Å². The van der Waals surface area contributed by atoms with Gasteiger partial charge in [-0.2, -0.15) is 0 Å². The Kier molecular flexibility index (Phi) is 5.25. The highest BCUT2D eigenvalue weighted by Gasteiger charge is 2.35. The van der Waals surface area contributed by atoms with E-state index in [1.54, 1.807) is 0 Å². The predicted molar refractivity (Wildman–Crippen MR) is 55.6 cm³/mol. The van der Waals surface area contributed by atoms with Gasteiger partial charge in [0, 0.05) is 27.3 Å². The van der Waals surface area contributed by atoms with Crippen LogP contribution in [0.5, 0.6) is 0 Å². The van der Waals surface area contributed by atoms with Gasteiger partial charge in [-0.25, -0.2) is 0 Å². The van der Waals surface area contributed by atoms with Crippen LogP contribution < -0.4 is 0 Å². The number of rotatable bonds is 7. The average molecular weight is 206 g/mol. The van der Waals surface area contributed by atoms with Crippen molar-refractivity contribution in [1.29, 1.82) is 0 Å². The fourth-order valence-electron chi connectivity index (χ4n) is 0.907. The lowest BCUT2D eigenvalue weighted by Gasteiger charge is -2.22. The normalized spacial score (nSPS) is 15.1. The maximum absolute atomic E-state index is 7.05. The summed E-state index contributed by atoms with van der Waals surface area (Å²) in [6, 6.07) is 0.508. The summed E-state index contributed by atoms with van der Waals surface area (Å²) < 4.78 is 29.6. The van der Waals surface area contributed by atoms with E-state index in [4.69, 9.17) is 16.0 Å². The molecule has 4 heteroatoms. The lowest BCUT2D eigenvalue weighted by molar-refractivity contribution is 0.127. The second-order valence-electron chi connectivity index (χ2n) is 2.67. The molecule has 0 saturated carbocycles. The summed E-state index contributed by atoms with van der Waals surface area (Å²) in [6.45, 7) is 2.10. The molecule has 0 aromatic rings. The Morgan fingerprint density at radius 1 is 1.23 bits per heavy atom. The molecule has 0 saturated heterocycles. The fraction of sp³-hybridized carbons (Fsp3) is 0.778. The van der Waals surface area contributed by atoms with Gasteiger partial charge >= 0.3 is 8.80 Å². The van der Waals surface area contributed by atoms with Gasteiger partial charge in [0.2, 0.25) is 0 Å². The van der Waals surface area contributed by atoms with Gasteiger partial charge < -0.3 is 13.3 Å².